The number of nitrogens with two attached hydrogens (primary N) is 1. The van der Waals surface area contributed by atoms with E-state index in [2.05, 4.69) is 4.72 Å². The Bertz CT molecular complexity index is 328. The highest BCUT2D eigenvalue weighted by molar-refractivity contribution is 7.98. The number of nitrogen functional groups attached to an aromatic ring is 1. The van der Waals surface area contributed by atoms with Crippen molar-refractivity contribution in [2.24, 2.45) is 0 Å². The summed E-state index contributed by atoms with van der Waals surface area (Å²) >= 11 is 1.58. The molecule has 1 atom stereocenters. The van der Waals surface area contributed by atoms with Gasteiger partial charge in [-0.2, -0.15) is 0 Å². The van der Waals surface area contributed by atoms with Crippen LogP contribution in [0.25, 0.3) is 0 Å². The molecule has 0 saturated heterocycles. The third kappa shape index (κ3) is 2.46. The molecule has 0 aliphatic heterocycles. The van der Waals surface area contributed by atoms with Crippen molar-refractivity contribution in [2.75, 3.05) is 19.0 Å². The van der Waals surface area contributed by atoms with Crippen LogP contribution in [0.1, 0.15) is 0 Å². The minimum atomic E-state index is -1.15. The summed E-state index contributed by atoms with van der Waals surface area (Å²) in [4.78, 5) is 1.72. The molecule has 1 aromatic rings. The Labute approximate surface area is 84.7 Å². The highest BCUT2D eigenvalue weighted by Gasteiger charge is 2.03. The first-order chi connectivity index (χ1) is 6.19. The minimum absolute atomic E-state index is 0.675. The fourth-order valence-corrected chi connectivity index (χ4v) is 2.11. The number of anilines is 1. The summed E-state index contributed by atoms with van der Waals surface area (Å²) < 4.78 is 14.0. The van der Waals surface area contributed by atoms with E-state index in [0.717, 1.165) is 4.90 Å². The Hall–Kier alpha value is -0.520. The van der Waals surface area contributed by atoms with Crippen molar-refractivity contribution in [1.82, 2.24) is 4.72 Å². The van der Waals surface area contributed by atoms with Crippen molar-refractivity contribution in [3.05, 3.63) is 18.2 Å². The summed E-state index contributed by atoms with van der Waals surface area (Å²) in [6.45, 7) is 0. The van der Waals surface area contributed by atoms with Gasteiger partial charge in [0, 0.05) is 10.6 Å². The predicted molar refractivity (Wildman–Crippen MR) is 58.1 cm³/mol. The average Bonchev–Trinajstić information content (AvgIpc) is 2.16. The Morgan fingerprint density at radius 1 is 1.54 bits per heavy atom. The Kier molecular flexibility index (Phi) is 3.77. The molecule has 1 unspecified atom stereocenters. The van der Waals surface area contributed by atoms with E-state index < -0.39 is 11.0 Å². The van der Waals surface area contributed by atoms with Crippen LogP contribution in [0.4, 0.5) is 5.69 Å². The monoisotopic (exact) mass is 216 g/mol. The number of rotatable bonds is 3. The van der Waals surface area contributed by atoms with E-state index in [9.17, 15) is 4.21 Å². The molecule has 0 aromatic heterocycles. The van der Waals surface area contributed by atoms with Gasteiger partial charge in [-0.3, -0.25) is 0 Å². The first-order valence-corrected chi connectivity index (χ1v) is 6.09. The van der Waals surface area contributed by atoms with Gasteiger partial charge < -0.3 is 5.73 Å². The molecule has 0 amide bonds. The standard InChI is InChI=1S/C8H12N2OS2/c1-10-13(11)6-3-4-8(12-2)7(9)5-6/h3-5,10H,9H2,1-2H3. The van der Waals surface area contributed by atoms with Crippen molar-refractivity contribution in [1.29, 1.82) is 0 Å². The summed E-state index contributed by atoms with van der Waals surface area (Å²) in [5.41, 5.74) is 6.42. The van der Waals surface area contributed by atoms with E-state index in [1.165, 1.54) is 0 Å². The van der Waals surface area contributed by atoms with Crippen molar-refractivity contribution < 1.29 is 4.21 Å². The lowest BCUT2D eigenvalue weighted by atomic mass is 10.3. The zero-order valence-electron chi connectivity index (χ0n) is 7.53. The van der Waals surface area contributed by atoms with E-state index in [4.69, 9.17) is 5.73 Å². The van der Waals surface area contributed by atoms with Gasteiger partial charge in [0.1, 0.15) is 11.0 Å². The predicted octanol–water partition coefficient (Wildman–Crippen LogP) is 1.23. The Morgan fingerprint density at radius 2 is 2.23 bits per heavy atom. The molecule has 3 N–H and O–H groups in total. The van der Waals surface area contributed by atoms with Gasteiger partial charge in [0.25, 0.3) is 0 Å². The van der Waals surface area contributed by atoms with Gasteiger partial charge in [-0.15, -0.1) is 11.8 Å². The molecule has 0 saturated carbocycles. The number of thioether (sulfide) groups is 1. The highest BCUT2D eigenvalue weighted by atomic mass is 32.2. The summed E-state index contributed by atoms with van der Waals surface area (Å²) in [5, 5.41) is 0. The van der Waals surface area contributed by atoms with Crippen LogP contribution < -0.4 is 10.5 Å². The molecule has 0 radical (unpaired) electrons. The molecular weight excluding hydrogens is 204 g/mol. The number of hydrogen-bond acceptors (Lipinski definition) is 3. The van der Waals surface area contributed by atoms with Crippen LogP contribution in [0.3, 0.4) is 0 Å². The van der Waals surface area contributed by atoms with E-state index in [-0.39, 0.29) is 0 Å². The second kappa shape index (κ2) is 4.64. The zero-order chi connectivity index (χ0) is 9.84. The largest absolute Gasteiger partial charge is 0.398 e. The van der Waals surface area contributed by atoms with E-state index in [1.54, 1.807) is 24.9 Å². The van der Waals surface area contributed by atoms with Crippen LogP contribution in [-0.2, 0) is 11.0 Å². The van der Waals surface area contributed by atoms with Crippen LogP contribution in [0.2, 0.25) is 0 Å². The van der Waals surface area contributed by atoms with E-state index in [1.807, 2.05) is 18.4 Å². The maximum absolute atomic E-state index is 11.3. The molecule has 13 heavy (non-hydrogen) atoms. The number of benzene rings is 1. The molecule has 0 aliphatic carbocycles. The van der Waals surface area contributed by atoms with Gasteiger partial charge in [-0.25, -0.2) is 8.93 Å². The quantitative estimate of drug-likeness (QED) is 0.590. The molecule has 5 heteroatoms. The van der Waals surface area contributed by atoms with Crippen LogP contribution >= 0.6 is 11.8 Å². The van der Waals surface area contributed by atoms with Crippen LogP contribution in [-0.4, -0.2) is 17.5 Å². The molecule has 3 nitrogen and oxygen atoms in total. The fourth-order valence-electron chi connectivity index (χ4n) is 0.946. The van der Waals surface area contributed by atoms with Gasteiger partial charge in [0.05, 0.1) is 4.90 Å². The first-order valence-electron chi connectivity index (χ1n) is 3.71. The lowest BCUT2D eigenvalue weighted by Crippen LogP contribution is -2.10. The second-order valence-electron chi connectivity index (χ2n) is 2.38. The average molecular weight is 216 g/mol. The van der Waals surface area contributed by atoms with Crippen molar-refractivity contribution in [3.8, 4) is 0 Å². The molecular formula is C8H12N2OS2. The fraction of sp³-hybridized carbons (Fsp3) is 0.250. The highest BCUT2D eigenvalue weighted by Crippen LogP contribution is 2.24. The summed E-state index contributed by atoms with van der Waals surface area (Å²) in [6.07, 6.45) is 1.96. The molecule has 0 spiro atoms. The Morgan fingerprint density at radius 3 is 2.69 bits per heavy atom. The molecule has 0 heterocycles. The van der Waals surface area contributed by atoms with Gasteiger partial charge in [-0.05, 0) is 31.5 Å². The molecule has 1 rings (SSSR count). The van der Waals surface area contributed by atoms with Crippen LogP contribution in [0.5, 0.6) is 0 Å². The van der Waals surface area contributed by atoms with Crippen LogP contribution in [0.15, 0.2) is 28.0 Å². The SMILES string of the molecule is CNS(=O)c1ccc(SC)c(N)c1. The van der Waals surface area contributed by atoms with E-state index >= 15 is 0 Å². The Balaban J connectivity index is 3.02. The number of hydrogen-bond donors (Lipinski definition) is 2. The van der Waals surface area contributed by atoms with E-state index in [0.29, 0.717) is 10.6 Å². The molecule has 0 bridgehead atoms. The third-order valence-electron chi connectivity index (χ3n) is 1.60. The molecule has 1 aromatic carbocycles. The zero-order valence-corrected chi connectivity index (χ0v) is 9.17. The van der Waals surface area contributed by atoms with Crippen molar-refractivity contribution in [3.63, 3.8) is 0 Å². The lowest BCUT2D eigenvalue weighted by Gasteiger charge is -2.04. The summed E-state index contributed by atoms with van der Waals surface area (Å²) in [6, 6.07) is 5.43. The van der Waals surface area contributed by atoms with Crippen molar-refractivity contribution >= 4 is 28.4 Å². The van der Waals surface area contributed by atoms with Crippen LogP contribution in [0, 0.1) is 0 Å². The first kappa shape index (κ1) is 10.6. The number of nitrogens with one attached hydrogen (secondary N) is 1. The summed E-state index contributed by atoms with van der Waals surface area (Å²) in [7, 11) is 0.497. The molecule has 0 fully saturated rings. The topological polar surface area (TPSA) is 55.1 Å². The minimum Gasteiger partial charge on any atom is -0.398 e. The molecule has 0 aliphatic rings. The summed E-state index contributed by atoms with van der Waals surface area (Å²) in [5.74, 6) is 0. The smallest absolute Gasteiger partial charge is 0.124 e. The van der Waals surface area contributed by atoms with Crippen molar-refractivity contribution in [2.45, 2.75) is 9.79 Å². The maximum Gasteiger partial charge on any atom is 0.124 e. The molecule has 72 valence electrons. The van der Waals surface area contributed by atoms with Gasteiger partial charge >= 0.3 is 0 Å². The lowest BCUT2D eigenvalue weighted by molar-refractivity contribution is 0.678. The normalized spacial score (nSPS) is 12.8. The maximum atomic E-state index is 11.3. The van der Waals surface area contributed by atoms with Gasteiger partial charge in [-0.1, -0.05) is 0 Å². The second-order valence-corrected chi connectivity index (χ2v) is 4.64. The van der Waals surface area contributed by atoms with Gasteiger partial charge in [0.2, 0.25) is 0 Å². The third-order valence-corrected chi connectivity index (χ3v) is 3.47. The van der Waals surface area contributed by atoms with Gasteiger partial charge in [0.15, 0.2) is 0 Å².